The predicted octanol–water partition coefficient (Wildman–Crippen LogP) is 2.33. The van der Waals surface area contributed by atoms with E-state index in [-0.39, 0.29) is 5.91 Å². The number of hydrogen-bond donors (Lipinski definition) is 1. The molecular formula is C12H17NO. The highest BCUT2D eigenvalue weighted by Gasteiger charge is 2.05. The maximum Gasteiger partial charge on any atom is 0.259 e. The van der Waals surface area contributed by atoms with E-state index in [1.807, 2.05) is 6.08 Å². The first-order valence-electron chi connectivity index (χ1n) is 5.26. The molecule has 0 aromatic carbocycles. The standard InChI is InChI=1S/C12H17NO/c1-2-3-4-7-10-13-12(14)11-8-5-6-9-11/h5-6,8H,2-4,7,10H2,1H3,(H,13,14). The molecule has 2 nitrogen and oxygen atoms in total. The fourth-order valence-corrected chi connectivity index (χ4v) is 1.32. The zero-order valence-electron chi connectivity index (χ0n) is 8.68. The maximum atomic E-state index is 11.4. The van der Waals surface area contributed by atoms with Crippen LogP contribution in [0.5, 0.6) is 0 Å². The molecule has 0 atom stereocenters. The number of unbranched alkanes of at least 4 members (excludes halogenated alkanes) is 3. The van der Waals surface area contributed by atoms with Crippen LogP contribution in [0.4, 0.5) is 0 Å². The number of carbonyl (C=O) groups excluding carboxylic acids is 1. The first-order chi connectivity index (χ1) is 6.84. The second-order valence-electron chi connectivity index (χ2n) is 3.40. The van der Waals surface area contributed by atoms with Crippen molar-refractivity contribution < 1.29 is 4.79 Å². The van der Waals surface area contributed by atoms with Gasteiger partial charge in [0.25, 0.3) is 5.91 Å². The minimum absolute atomic E-state index is 0.00787. The van der Waals surface area contributed by atoms with Crippen LogP contribution in [0.3, 0.4) is 0 Å². The van der Waals surface area contributed by atoms with Gasteiger partial charge in [0.05, 0.1) is 5.57 Å². The van der Waals surface area contributed by atoms with Crippen LogP contribution in [0.2, 0.25) is 0 Å². The van der Waals surface area contributed by atoms with E-state index in [1.54, 1.807) is 12.2 Å². The quantitative estimate of drug-likeness (QED) is 0.506. The smallest absolute Gasteiger partial charge is 0.259 e. The van der Waals surface area contributed by atoms with E-state index in [1.165, 1.54) is 19.3 Å². The molecule has 1 amide bonds. The molecule has 0 aromatic heterocycles. The number of carbonyl (C=O) groups is 1. The van der Waals surface area contributed by atoms with Crippen molar-refractivity contribution in [2.24, 2.45) is 0 Å². The van der Waals surface area contributed by atoms with E-state index in [0.29, 0.717) is 5.57 Å². The molecule has 0 heterocycles. The summed E-state index contributed by atoms with van der Waals surface area (Å²) in [7, 11) is 0. The van der Waals surface area contributed by atoms with Gasteiger partial charge in [-0.1, -0.05) is 32.3 Å². The molecule has 0 aromatic rings. The van der Waals surface area contributed by atoms with Gasteiger partial charge in [-0.3, -0.25) is 4.79 Å². The fraction of sp³-hybridized carbons (Fsp3) is 0.500. The summed E-state index contributed by atoms with van der Waals surface area (Å²) in [6.07, 6.45) is 10.1. The van der Waals surface area contributed by atoms with Gasteiger partial charge in [-0.25, -0.2) is 0 Å². The number of allylic oxidation sites excluding steroid dienone is 1. The summed E-state index contributed by atoms with van der Waals surface area (Å²) < 4.78 is 0. The van der Waals surface area contributed by atoms with E-state index in [4.69, 9.17) is 0 Å². The molecule has 0 fully saturated rings. The first kappa shape index (κ1) is 10.8. The normalized spacial score (nSPS) is 13.1. The molecule has 0 radical (unpaired) electrons. The summed E-state index contributed by atoms with van der Waals surface area (Å²) in [5, 5.41) is 2.87. The van der Waals surface area contributed by atoms with Crippen LogP contribution >= 0.6 is 0 Å². The van der Waals surface area contributed by atoms with Crippen LogP contribution in [-0.2, 0) is 4.79 Å². The van der Waals surface area contributed by atoms with E-state index < -0.39 is 0 Å². The second-order valence-corrected chi connectivity index (χ2v) is 3.40. The molecule has 0 saturated heterocycles. The van der Waals surface area contributed by atoms with Gasteiger partial charge < -0.3 is 5.32 Å². The van der Waals surface area contributed by atoms with Crippen molar-refractivity contribution >= 4 is 5.91 Å². The van der Waals surface area contributed by atoms with Gasteiger partial charge >= 0.3 is 0 Å². The molecule has 76 valence electrons. The largest absolute Gasteiger partial charge is 0.352 e. The topological polar surface area (TPSA) is 29.1 Å². The van der Waals surface area contributed by atoms with Crippen LogP contribution in [0.25, 0.3) is 0 Å². The zero-order valence-corrected chi connectivity index (χ0v) is 8.68. The molecule has 0 aliphatic heterocycles. The Hall–Kier alpha value is -1.27. The van der Waals surface area contributed by atoms with E-state index >= 15 is 0 Å². The number of amides is 1. The van der Waals surface area contributed by atoms with Crippen LogP contribution < -0.4 is 5.32 Å². The van der Waals surface area contributed by atoms with Crippen molar-refractivity contribution in [2.45, 2.75) is 32.6 Å². The molecule has 1 rings (SSSR count). The van der Waals surface area contributed by atoms with Gasteiger partial charge in [-0.15, -0.1) is 5.73 Å². The van der Waals surface area contributed by atoms with Crippen molar-refractivity contribution in [2.75, 3.05) is 6.54 Å². The molecule has 14 heavy (non-hydrogen) atoms. The lowest BCUT2D eigenvalue weighted by atomic mass is 10.2. The molecular weight excluding hydrogens is 174 g/mol. The maximum absolute atomic E-state index is 11.4. The first-order valence-corrected chi connectivity index (χ1v) is 5.26. The summed E-state index contributed by atoms with van der Waals surface area (Å²) in [4.78, 5) is 11.4. The minimum atomic E-state index is -0.00787. The van der Waals surface area contributed by atoms with Crippen molar-refractivity contribution in [3.05, 3.63) is 29.5 Å². The SMILES string of the molecule is CCCCCCNC(=O)C1=C=CC=C1. The van der Waals surface area contributed by atoms with E-state index in [9.17, 15) is 4.79 Å². The molecule has 0 spiro atoms. The Kier molecular flexibility index (Phi) is 4.81. The van der Waals surface area contributed by atoms with Crippen molar-refractivity contribution in [1.82, 2.24) is 5.32 Å². The second kappa shape index (κ2) is 6.22. The average Bonchev–Trinajstić information content (AvgIpc) is 2.70. The monoisotopic (exact) mass is 191 g/mol. The van der Waals surface area contributed by atoms with Crippen LogP contribution in [-0.4, -0.2) is 12.5 Å². The van der Waals surface area contributed by atoms with Gasteiger partial charge in [0.1, 0.15) is 0 Å². The lowest BCUT2D eigenvalue weighted by Crippen LogP contribution is -2.24. The third-order valence-electron chi connectivity index (χ3n) is 2.16. The lowest BCUT2D eigenvalue weighted by molar-refractivity contribution is -0.117. The van der Waals surface area contributed by atoms with E-state index in [2.05, 4.69) is 18.0 Å². The highest BCUT2D eigenvalue weighted by molar-refractivity contribution is 5.96. The summed E-state index contributed by atoms with van der Waals surface area (Å²) in [6.45, 7) is 2.95. The van der Waals surface area contributed by atoms with Crippen molar-refractivity contribution in [3.8, 4) is 0 Å². The molecule has 0 saturated carbocycles. The summed E-state index contributed by atoms with van der Waals surface area (Å²) in [6, 6.07) is 0. The Balaban J connectivity index is 2.10. The van der Waals surface area contributed by atoms with Gasteiger partial charge in [-0.2, -0.15) is 0 Å². The molecule has 1 aliphatic carbocycles. The Bertz CT molecular complexity index is 283. The Morgan fingerprint density at radius 3 is 2.93 bits per heavy atom. The summed E-state index contributed by atoms with van der Waals surface area (Å²) in [5.41, 5.74) is 3.52. The molecule has 1 aliphatic rings. The number of rotatable bonds is 6. The fourth-order valence-electron chi connectivity index (χ4n) is 1.32. The molecule has 0 unspecified atom stereocenters. The zero-order chi connectivity index (χ0) is 10.2. The number of nitrogens with one attached hydrogen (secondary N) is 1. The molecule has 0 bridgehead atoms. The Labute approximate surface area is 85.4 Å². The van der Waals surface area contributed by atoms with Crippen molar-refractivity contribution in [1.29, 1.82) is 0 Å². The lowest BCUT2D eigenvalue weighted by Gasteiger charge is -2.03. The predicted molar refractivity (Wildman–Crippen MR) is 57.9 cm³/mol. The van der Waals surface area contributed by atoms with E-state index in [0.717, 1.165) is 13.0 Å². The van der Waals surface area contributed by atoms with Gasteiger partial charge in [-0.05, 0) is 18.6 Å². The van der Waals surface area contributed by atoms with Crippen LogP contribution in [0.1, 0.15) is 32.6 Å². The third-order valence-corrected chi connectivity index (χ3v) is 2.16. The highest BCUT2D eigenvalue weighted by Crippen LogP contribution is 2.02. The highest BCUT2D eigenvalue weighted by atomic mass is 16.1. The molecule has 1 N–H and O–H groups in total. The van der Waals surface area contributed by atoms with Gasteiger partial charge in [0.2, 0.25) is 0 Å². The van der Waals surface area contributed by atoms with Crippen molar-refractivity contribution in [3.63, 3.8) is 0 Å². The Morgan fingerprint density at radius 1 is 1.43 bits per heavy atom. The summed E-state index contributed by atoms with van der Waals surface area (Å²) in [5.74, 6) is -0.00787. The molecule has 2 heteroatoms. The average molecular weight is 191 g/mol. The Morgan fingerprint density at radius 2 is 2.29 bits per heavy atom. The van der Waals surface area contributed by atoms with Crippen LogP contribution in [0.15, 0.2) is 29.5 Å². The summed E-state index contributed by atoms with van der Waals surface area (Å²) >= 11 is 0. The minimum Gasteiger partial charge on any atom is -0.352 e. The van der Waals surface area contributed by atoms with Crippen LogP contribution in [0, 0.1) is 0 Å². The number of hydrogen-bond acceptors (Lipinski definition) is 1. The third kappa shape index (κ3) is 3.63. The van der Waals surface area contributed by atoms with Gasteiger partial charge in [0.15, 0.2) is 0 Å². The van der Waals surface area contributed by atoms with Gasteiger partial charge in [0, 0.05) is 6.54 Å².